The largest absolute Gasteiger partial charge is 0.481 e. The van der Waals surface area contributed by atoms with Crippen LogP contribution in [0.3, 0.4) is 0 Å². The summed E-state index contributed by atoms with van der Waals surface area (Å²) in [6.45, 7) is 3.83. The van der Waals surface area contributed by atoms with E-state index in [1.807, 2.05) is 13.8 Å². The van der Waals surface area contributed by atoms with Gasteiger partial charge in [0, 0.05) is 24.5 Å². The van der Waals surface area contributed by atoms with Crippen LogP contribution in [-0.4, -0.2) is 40.0 Å². The van der Waals surface area contributed by atoms with Crippen LogP contribution >= 0.6 is 0 Å². The van der Waals surface area contributed by atoms with Crippen LogP contribution < -0.4 is 10.6 Å². The van der Waals surface area contributed by atoms with Crippen molar-refractivity contribution in [3.05, 3.63) is 35.8 Å². The van der Waals surface area contributed by atoms with Crippen molar-refractivity contribution < 1.29 is 23.9 Å². The molecule has 1 atom stereocenters. The molecule has 1 unspecified atom stereocenters. The van der Waals surface area contributed by atoms with Gasteiger partial charge in [0.1, 0.15) is 17.6 Å². The first kappa shape index (κ1) is 20.4. The van der Waals surface area contributed by atoms with Gasteiger partial charge in [0.15, 0.2) is 0 Å². The lowest BCUT2D eigenvalue weighted by atomic mass is 10.0. The molecule has 2 rings (SSSR count). The number of aromatic nitrogens is 1. The van der Waals surface area contributed by atoms with Crippen LogP contribution in [0.2, 0.25) is 0 Å². The van der Waals surface area contributed by atoms with E-state index in [-0.39, 0.29) is 18.9 Å². The molecule has 3 N–H and O–H groups in total. The molecular weight excluding hydrogens is 353 g/mol. The molecule has 0 aliphatic heterocycles. The summed E-state index contributed by atoms with van der Waals surface area (Å²) in [6, 6.07) is 5.03. The first-order valence-electron chi connectivity index (χ1n) is 8.74. The Morgan fingerprint density at radius 3 is 2.56 bits per heavy atom. The first-order chi connectivity index (χ1) is 12.7. The topological polar surface area (TPSA) is 100 Å². The molecule has 8 heteroatoms. The number of rotatable bonds is 8. The number of carbonyl (C=O) groups excluding carboxylic acids is 2. The molecule has 0 radical (unpaired) electrons. The van der Waals surface area contributed by atoms with E-state index < -0.39 is 29.6 Å². The van der Waals surface area contributed by atoms with Gasteiger partial charge in [-0.2, -0.15) is 0 Å². The number of benzene rings is 1. The number of carbonyl (C=O) groups is 3. The number of halogens is 1. The molecule has 2 aromatic rings. The minimum absolute atomic E-state index is 0.00799. The van der Waals surface area contributed by atoms with Gasteiger partial charge >= 0.3 is 5.97 Å². The summed E-state index contributed by atoms with van der Waals surface area (Å²) >= 11 is 0. The molecule has 0 spiro atoms. The van der Waals surface area contributed by atoms with E-state index in [0.29, 0.717) is 23.0 Å². The third-order valence-corrected chi connectivity index (χ3v) is 4.20. The first-order valence-corrected chi connectivity index (χ1v) is 8.74. The molecular formula is C19H24FN3O4. The van der Waals surface area contributed by atoms with E-state index in [9.17, 15) is 18.8 Å². The molecule has 0 bridgehead atoms. The number of hydrogen-bond acceptors (Lipinski definition) is 3. The lowest BCUT2D eigenvalue weighted by molar-refractivity contribution is -0.137. The lowest BCUT2D eigenvalue weighted by Crippen LogP contribution is -2.48. The van der Waals surface area contributed by atoms with E-state index in [1.54, 1.807) is 23.7 Å². The number of carboxylic acid groups (broad SMARTS) is 1. The minimum Gasteiger partial charge on any atom is -0.481 e. The summed E-state index contributed by atoms with van der Waals surface area (Å²) in [5.41, 5.74) is 1.01. The number of fused-ring (bicyclic) bond motifs is 1. The van der Waals surface area contributed by atoms with E-state index in [2.05, 4.69) is 10.6 Å². The van der Waals surface area contributed by atoms with Crippen LogP contribution in [0.15, 0.2) is 24.3 Å². The minimum atomic E-state index is -1.01. The zero-order chi connectivity index (χ0) is 20.1. The van der Waals surface area contributed by atoms with Gasteiger partial charge in [-0.15, -0.1) is 0 Å². The lowest BCUT2D eigenvalue weighted by Gasteiger charge is -2.20. The monoisotopic (exact) mass is 377 g/mol. The second-order valence-electron chi connectivity index (χ2n) is 6.88. The van der Waals surface area contributed by atoms with Gasteiger partial charge < -0.3 is 20.3 Å². The highest BCUT2D eigenvalue weighted by atomic mass is 19.1. The predicted molar refractivity (Wildman–Crippen MR) is 98.8 cm³/mol. The summed E-state index contributed by atoms with van der Waals surface area (Å²) in [5, 5.41) is 14.5. The Balaban J connectivity index is 2.16. The van der Waals surface area contributed by atoms with Crippen LogP contribution in [0, 0.1) is 11.7 Å². The van der Waals surface area contributed by atoms with Crippen LogP contribution in [0.1, 0.15) is 37.2 Å². The Morgan fingerprint density at radius 2 is 1.93 bits per heavy atom. The van der Waals surface area contributed by atoms with Crippen molar-refractivity contribution in [3.63, 3.8) is 0 Å². The van der Waals surface area contributed by atoms with Crippen molar-refractivity contribution in [2.75, 3.05) is 6.54 Å². The SMILES string of the molecule is CC(C)CC(NC(=O)c1cc2cc(F)ccc2n1C)C(=O)NCCC(=O)O. The molecule has 0 saturated carbocycles. The van der Waals surface area contributed by atoms with Gasteiger partial charge in [-0.05, 0) is 36.6 Å². The Labute approximate surface area is 156 Å². The predicted octanol–water partition coefficient (Wildman–Crippen LogP) is 2.05. The van der Waals surface area contributed by atoms with Crippen LogP contribution in [0.4, 0.5) is 4.39 Å². The van der Waals surface area contributed by atoms with Gasteiger partial charge in [0.25, 0.3) is 5.91 Å². The quantitative estimate of drug-likeness (QED) is 0.655. The molecule has 0 aliphatic carbocycles. The number of amides is 2. The Bertz CT molecular complexity index is 860. The number of aryl methyl sites for hydroxylation is 1. The summed E-state index contributed by atoms with van der Waals surface area (Å²) in [7, 11) is 1.69. The molecule has 0 saturated heterocycles. The third-order valence-electron chi connectivity index (χ3n) is 4.20. The highest BCUT2D eigenvalue weighted by Crippen LogP contribution is 2.20. The summed E-state index contributed by atoms with van der Waals surface area (Å²) in [5.74, 6) is -2.14. The second-order valence-corrected chi connectivity index (χ2v) is 6.88. The van der Waals surface area contributed by atoms with E-state index in [4.69, 9.17) is 5.11 Å². The molecule has 1 aromatic heterocycles. The summed E-state index contributed by atoms with van der Waals surface area (Å²) in [6.07, 6.45) is 0.214. The van der Waals surface area contributed by atoms with Crippen molar-refractivity contribution in [3.8, 4) is 0 Å². The van der Waals surface area contributed by atoms with Crippen molar-refractivity contribution >= 4 is 28.7 Å². The van der Waals surface area contributed by atoms with Gasteiger partial charge in [-0.1, -0.05) is 13.8 Å². The molecule has 7 nitrogen and oxygen atoms in total. The Hall–Kier alpha value is -2.90. The molecule has 1 aromatic carbocycles. The highest BCUT2D eigenvalue weighted by Gasteiger charge is 2.24. The maximum atomic E-state index is 13.4. The fraction of sp³-hybridized carbons (Fsp3) is 0.421. The van der Waals surface area contributed by atoms with E-state index in [1.165, 1.54) is 12.1 Å². The number of hydrogen-bond donors (Lipinski definition) is 3. The molecule has 146 valence electrons. The van der Waals surface area contributed by atoms with Crippen molar-refractivity contribution in [1.29, 1.82) is 0 Å². The van der Waals surface area contributed by atoms with Gasteiger partial charge in [0.2, 0.25) is 5.91 Å². The van der Waals surface area contributed by atoms with Gasteiger partial charge in [0.05, 0.1) is 6.42 Å². The standard InChI is InChI=1S/C19H24FN3O4/c1-11(2)8-14(18(26)21-7-6-17(24)25)22-19(27)16-10-12-9-13(20)4-5-15(12)23(16)3/h4-5,9-11,14H,6-8H2,1-3H3,(H,21,26)(H,22,27)(H,24,25). The third kappa shape index (κ3) is 5.29. The van der Waals surface area contributed by atoms with Crippen LogP contribution in [-0.2, 0) is 16.6 Å². The normalized spacial score (nSPS) is 12.2. The van der Waals surface area contributed by atoms with E-state index in [0.717, 1.165) is 0 Å². The van der Waals surface area contributed by atoms with Gasteiger partial charge in [-0.3, -0.25) is 14.4 Å². The zero-order valence-corrected chi connectivity index (χ0v) is 15.6. The second kappa shape index (κ2) is 8.66. The van der Waals surface area contributed by atoms with Crippen LogP contribution in [0.25, 0.3) is 10.9 Å². The maximum Gasteiger partial charge on any atom is 0.305 e. The number of aliphatic carboxylic acids is 1. The Morgan fingerprint density at radius 1 is 1.22 bits per heavy atom. The molecule has 0 fully saturated rings. The smallest absolute Gasteiger partial charge is 0.305 e. The fourth-order valence-corrected chi connectivity index (χ4v) is 2.89. The summed E-state index contributed by atoms with van der Waals surface area (Å²) in [4.78, 5) is 35.6. The van der Waals surface area contributed by atoms with Gasteiger partial charge in [-0.25, -0.2) is 4.39 Å². The van der Waals surface area contributed by atoms with Crippen molar-refractivity contribution in [2.45, 2.75) is 32.7 Å². The number of nitrogens with zero attached hydrogens (tertiary/aromatic N) is 1. The average molecular weight is 377 g/mol. The van der Waals surface area contributed by atoms with Crippen LogP contribution in [0.5, 0.6) is 0 Å². The Kier molecular flexibility index (Phi) is 6.55. The molecule has 0 aliphatic rings. The van der Waals surface area contributed by atoms with Crippen molar-refractivity contribution in [2.24, 2.45) is 13.0 Å². The average Bonchev–Trinajstić information content (AvgIpc) is 2.89. The number of nitrogens with one attached hydrogen (secondary N) is 2. The van der Waals surface area contributed by atoms with E-state index >= 15 is 0 Å². The molecule has 1 heterocycles. The number of carboxylic acids is 1. The maximum absolute atomic E-state index is 13.4. The summed E-state index contributed by atoms with van der Waals surface area (Å²) < 4.78 is 15.0. The fourth-order valence-electron chi connectivity index (χ4n) is 2.89. The highest BCUT2D eigenvalue weighted by molar-refractivity contribution is 6.00. The van der Waals surface area contributed by atoms with Crippen molar-refractivity contribution in [1.82, 2.24) is 15.2 Å². The molecule has 27 heavy (non-hydrogen) atoms. The zero-order valence-electron chi connectivity index (χ0n) is 15.6. The molecule has 2 amide bonds.